The molecule has 1 saturated carbocycles. The third-order valence-corrected chi connectivity index (χ3v) is 7.92. The third-order valence-electron chi connectivity index (χ3n) is 7.92. The molecule has 0 radical (unpaired) electrons. The van der Waals surface area contributed by atoms with Gasteiger partial charge in [-0.2, -0.15) is 0 Å². The number of hydrogen-bond donors (Lipinski definition) is 3. The number of aliphatic hydroxyl groups is 1. The number of nitrogens with zero attached hydrogens (tertiary/aromatic N) is 2. The summed E-state index contributed by atoms with van der Waals surface area (Å²) in [5, 5.41) is 15.7. The molecule has 2 amide bonds. The molecule has 10 heteroatoms. The van der Waals surface area contributed by atoms with Crippen LogP contribution in [0, 0.1) is 5.92 Å². The summed E-state index contributed by atoms with van der Waals surface area (Å²) in [5.74, 6) is -0.637. The molecule has 10 nitrogen and oxygen atoms in total. The number of pyridine rings is 1. The number of ketones is 1. The maximum Gasteiger partial charge on any atom is 0.272 e. The topological polar surface area (TPSA) is 132 Å². The van der Waals surface area contributed by atoms with E-state index in [0.29, 0.717) is 42.3 Å². The van der Waals surface area contributed by atoms with E-state index in [2.05, 4.69) is 10.6 Å². The molecule has 2 aromatic carbocycles. The number of nitrogens with one attached hydrogen (secondary N) is 2. The Bertz CT molecular complexity index is 1670. The highest BCUT2D eigenvalue weighted by atomic mass is 16.5. The Morgan fingerprint density at radius 3 is 2.37 bits per heavy atom. The lowest BCUT2D eigenvalue weighted by molar-refractivity contribution is -0.126. The number of aliphatic hydroxyl groups excluding tert-OH is 1. The fraction of sp³-hybridized carbons (Fsp3) is 0.355. The van der Waals surface area contributed by atoms with Crippen molar-refractivity contribution in [1.29, 1.82) is 0 Å². The molecule has 41 heavy (non-hydrogen) atoms. The first-order valence-electron chi connectivity index (χ1n) is 13.8. The van der Waals surface area contributed by atoms with E-state index < -0.39 is 5.56 Å². The zero-order valence-corrected chi connectivity index (χ0v) is 23.2. The molecule has 0 bridgehead atoms. The number of carbonyl (C=O) groups excluding carboxylic acids is 3. The largest absolute Gasteiger partial charge is 0.493 e. The zero-order chi connectivity index (χ0) is 29.1. The van der Waals surface area contributed by atoms with Crippen LogP contribution in [0.2, 0.25) is 0 Å². The van der Waals surface area contributed by atoms with Crippen molar-refractivity contribution >= 4 is 39.4 Å². The zero-order valence-electron chi connectivity index (χ0n) is 23.2. The van der Waals surface area contributed by atoms with Crippen molar-refractivity contribution in [3.05, 3.63) is 76.2 Å². The van der Waals surface area contributed by atoms with Gasteiger partial charge < -0.3 is 25.0 Å². The molecule has 214 valence electrons. The van der Waals surface area contributed by atoms with Gasteiger partial charge in [0.15, 0.2) is 17.2 Å². The molecule has 5 rings (SSSR count). The van der Waals surface area contributed by atoms with Crippen molar-refractivity contribution < 1.29 is 24.2 Å². The summed E-state index contributed by atoms with van der Waals surface area (Å²) in [7, 11) is 3.16. The van der Waals surface area contributed by atoms with Gasteiger partial charge in [-0.05, 0) is 31.7 Å². The molecule has 2 aromatic heterocycles. The maximum atomic E-state index is 14.0. The summed E-state index contributed by atoms with van der Waals surface area (Å²) in [6.45, 7) is -0.0329. The highest BCUT2D eigenvalue weighted by Crippen LogP contribution is 2.35. The molecule has 2 heterocycles. The number of para-hydroxylation sites is 1. The molecule has 1 aliphatic rings. The maximum absolute atomic E-state index is 14.0. The van der Waals surface area contributed by atoms with Crippen LogP contribution in [-0.2, 0) is 18.4 Å². The molecule has 0 aliphatic heterocycles. The van der Waals surface area contributed by atoms with E-state index in [1.165, 1.54) is 11.7 Å². The van der Waals surface area contributed by atoms with Crippen molar-refractivity contribution in [1.82, 2.24) is 19.8 Å². The summed E-state index contributed by atoms with van der Waals surface area (Å²) in [6.07, 6.45) is 2.51. The number of aryl methyl sites for hydroxylation is 1. The molecule has 0 saturated heterocycles. The van der Waals surface area contributed by atoms with E-state index in [1.807, 2.05) is 24.3 Å². The van der Waals surface area contributed by atoms with Gasteiger partial charge in [-0.15, -0.1) is 0 Å². The molecular weight excluding hydrogens is 524 g/mol. The molecule has 0 spiro atoms. The van der Waals surface area contributed by atoms with Crippen LogP contribution < -0.4 is 20.9 Å². The van der Waals surface area contributed by atoms with Gasteiger partial charge in [0.2, 0.25) is 5.91 Å². The number of carbonyl (C=O) groups is 3. The predicted octanol–water partition coefficient (Wildman–Crippen LogP) is 2.78. The van der Waals surface area contributed by atoms with Crippen LogP contribution in [0.4, 0.5) is 0 Å². The van der Waals surface area contributed by atoms with E-state index in [0.717, 1.165) is 5.39 Å². The van der Waals surface area contributed by atoms with Gasteiger partial charge in [-0.25, -0.2) is 0 Å². The Hall–Kier alpha value is -4.44. The Kier molecular flexibility index (Phi) is 8.21. The van der Waals surface area contributed by atoms with E-state index >= 15 is 0 Å². The van der Waals surface area contributed by atoms with Crippen molar-refractivity contribution in [2.24, 2.45) is 13.0 Å². The number of hydrogen-bond acceptors (Lipinski definition) is 6. The van der Waals surface area contributed by atoms with Crippen molar-refractivity contribution in [2.75, 3.05) is 20.3 Å². The number of benzene rings is 2. The van der Waals surface area contributed by atoms with E-state index in [4.69, 9.17) is 9.84 Å². The van der Waals surface area contributed by atoms with Crippen LogP contribution in [0.1, 0.15) is 46.5 Å². The van der Waals surface area contributed by atoms with E-state index in [9.17, 15) is 19.2 Å². The Labute approximate surface area is 236 Å². The van der Waals surface area contributed by atoms with Crippen LogP contribution >= 0.6 is 0 Å². The Balaban J connectivity index is 1.49. The summed E-state index contributed by atoms with van der Waals surface area (Å²) in [6, 6.07) is 16.0. The number of amides is 2. The van der Waals surface area contributed by atoms with Crippen molar-refractivity contribution in [3.63, 3.8) is 0 Å². The first-order chi connectivity index (χ1) is 19.8. The van der Waals surface area contributed by atoms with Gasteiger partial charge in [-0.3, -0.25) is 23.7 Å². The van der Waals surface area contributed by atoms with Gasteiger partial charge in [0, 0.05) is 36.5 Å². The third kappa shape index (κ3) is 5.35. The average Bonchev–Trinajstić information content (AvgIpc) is 3.31. The molecule has 1 fully saturated rings. The van der Waals surface area contributed by atoms with Crippen LogP contribution in [-0.4, -0.2) is 58.1 Å². The Morgan fingerprint density at radius 2 is 1.68 bits per heavy atom. The lowest BCUT2D eigenvalue weighted by Gasteiger charge is -2.28. The number of ether oxygens (including phenoxy) is 1. The number of rotatable bonds is 9. The molecule has 3 N–H and O–H groups in total. The van der Waals surface area contributed by atoms with Gasteiger partial charge in [0.1, 0.15) is 5.39 Å². The molecule has 1 aliphatic carbocycles. The first kappa shape index (κ1) is 28.1. The van der Waals surface area contributed by atoms with Crippen LogP contribution in [0.15, 0.2) is 59.4 Å². The molecular formula is C31H34N4O6. The summed E-state index contributed by atoms with van der Waals surface area (Å²) < 4.78 is 8.83. The number of methoxy groups -OCH3 is 1. The molecule has 0 atom stereocenters. The monoisotopic (exact) mass is 558 g/mol. The second-order valence-corrected chi connectivity index (χ2v) is 10.4. The quantitative estimate of drug-likeness (QED) is 0.271. The summed E-state index contributed by atoms with van der Waals surface area (Å²) in [4.78, 5) is 53.0. The molecule has 4 aromatic rings. The minimum absolute atomic E-state index is 0.0758. The van der Waals surface area contributed by atoms with Crippen molar-refractivity contribution in [2.45, 2.75) is 38.3 Å². The minimum Gasteiger partial charge on any atom is -0.493 e. The van der Waals surface area contributed by atoms with Gasteiger partial charge in [-0.1, -0.05) is 48.5 Å². The number of Topliss-reactive ketones (excluding diaryl/α,β-unsaturated/α-hetero) is 1. The highest BCUT2D eigenvalue weighted by molar-refractivity contribution is 6.12. The van der Waals surface area contributed by atoms with E-state index in [1.54, 1.807) is 41.9 Å². The minimum atomic E-state index is -0.413. The van der Waals surface area contributed by atoms with Crippen LogP contribution in [0.5, 0.6) is 5.75 Å². The van der Waals surface area contributed by atoms with Gasteiger partial charge in [0.25, 0.3) is 11.5 Å². The smallest absolute Gasteiger partial charge is 0.272 e. The lowest BCUT2D eigenvalue weighted by atomic mass is 9.85. The van der Waals surface area contributed by atoms with Crippen molar-refractivity contribution in [3.8, 4) is 5.75 Å². The second-order valence-electron chi connectivity index (χ2n) is 10.4. The normalized spacial score (nSPS) is 17.0. The number of fused-ring (bicyclic) bond motifs is 3. The standard InChI is InChI=1S/C31H34N4O6/c1-34-26-22-10-6-7-11-23(22)35(18-24(37)19-8-4-3-5-9-19)31(40)25(26)28(41-2)27(34)30(39)33-21-14-12-20(13-15-21)29(38)32-16-17-36/h3-11,20-21,36H,12-18H2,1-2H3,(H,32,38)(H,33,39)/t20-,21-. The van der Waals surface area contributed by atoms with Gasteiger partial charge >= 0.3 is 0 Å². The first-order valence-corrected chi connectivity index (χ1v) is 13.8. The highest BCUT2D eigenvalue weighted by Gasteiger charge is 2.31. The summed E-state index contributed by atoms with van der Waals surface area (Å²) in [5.41, 5.74) is 1.45. The summed E-state index contributed by atoms with van der Waals surface area (Å²) >= 11 is 0. The van der Waals surface area contributed by atoms with Crippen LogP contribution in [0.3, 0.4) is 0 Å². The fourth-order valence-electron chi connectivity index (χ4n) is 5.87. The molecule has 0 unspecified atom stereocenters. The lowest BCUT2D eigenvalue weighted by Crippen LogP contribution is -2.41. The fourth-order valence-corrected chi connectivity index (χ4v) is 5.87. The van der Waals surface area contributed by atoms with Gasteiger partial charge in [0.05, 0.1) is 31.3 Å². The Morgan fingerprint density at radius 1 is 1.00 bits per heavy atom. The second kappa shape index (κ2) is 12.0. The van der Waals surface area contributed by atoms with Crippen LogP contribution in [0.25, 0.3) is 21.8 Å². The number of aromatic nitrogens is 2. The van der Waals surface area contributed by atoms with E-state index in [-0.39, 0.29) is 66.1 Å². The predicted molar refractivity (Wildman–Crippen MR) is 155 cm³/mol. The average molecular weight is 559 g/mol. The SMILES string of the molecule is COc1c(C(=O)N[C@H]2CC[C@H](C(=O)NCCO)CC2)n(C)c2c1c(=O)n(CC(=O)c1ccccc1)c1ccccc21.